The molecule has 3 rings (SSSR count). The Morgan fingerprint density at radius 1 is 1.10 bits per heavy atom. The zero-order chi connectivity index (χ0) is 20.8. The largest absolute Gasteiger partial charge is 0.493 e. The Morgan fingerprint density at radius 3 is 2.52 bits per heavy atom. The first-order valence-corrected chi connectivity index (χ1v) is 10.0. The van der Waals surface area contributed by atoms with E-state index in [0.717, 1.165) is 5.82 Å². The summed E-state index contributed by atoms with van der Waals surface area (Å²) in [6.45, 7) is 1.84. The molecule has 0 fully saturated rings. The molecule has 0 bridgehead atoms. The first-order valence-electron chi connectivity index (χ1n) is 9.13. The van der Waals surface area contributed by atoms with Crippen molar-refractivity contribution in [1.29, 1.82) is 0 Å². The van der Waals surface area contributed by atoms with Crippen molar-refractivity contribution in [3.05, 3.63) is 59.9 Å². The van der Waals surface area contributed by atoms with Crippen molar-refractivity contribution >= 4 is 23.4 Å². The second kappa shape index (κ2) is 9.47. The van der Waals surface area contributed by atoms with Gasteiger partial charge in [0.2, 0.25) is 5.91 Å². The summed E-state index contributed by atoms with van der Waals surface area (Å²) in [5.41, 5.74) is 1.81. The van der Waals surface area contributed by atoms with Gasteiger partial charge < -0.3 is 19.4 Å². The van der Waals surface area contributed by atoms with Gasteiger partial charge in [-0.1, -0.05) is 42.1 Å². The number of ether oxygens (including phenoxy) is 2. The van der Waals surface area contributed by atoms with Crippen molar-refractivity contribution in [2.24, 2.45) is 7.05 Å². The van der Waals surface area contributed by atoms with E-state index in [9.17, 15) is 4.79 Å². The summed E-state index contributed by atoms with van der Waals surface area (Å²) in [5, 5.41) is 11.8. The number of thioether (sulfide) groups is 1. The number of nitrogens with one attached hydrogen (secondary N) is 1. The van der Waals surface area contributed by atoms with Gasteiger partial charge >= 0.3 is 0 Å². The average molecular weight is 413 g/mol. The smallest absolute Gasteiger partial charge is 0.237 e. The molecule has 0 unspecified atom stereocenters. The van der Waals surface area contributed by atoms with Gasteiger partial charge in [-0.15, -0.1) is 10.2 Å². The highest BCUT2D eigenvalue weighted by Crippen LogP contribution is 2.30. The van der Waals surface area contributed by atoms with E-state index in [-0.39, 0.29) is 11.2 Å². The molecule has 1 N–H and O–H groups in total. The zero-order valence-electron chi connectivity index (χ0n) is 16.9. The molecule has 0 saturated carbocycles. The van der Waals surface area contributed by atoms with Gasteiger partial charge in [0.15, 0.2) is 16.7 Å². The molecular formula is C21H24N4O3S. The standard InChI is InChI=1S/C21H24N4O3S/c1-14(20(26)22-16-10-11-17(27-3)18(13-16)28-4)29-21-24-23-19(25(21)2)12-15-8-6-5-7-9-15/h5-11,13-14H,12H2,1-4H3,(H,22,26)/t14-/m1/s1. The summed E-state index contributed by atoms with van der Waals surface area (Å²) in [4.78, 5) is 12.6. The lowest BCUT2D eigenvalue weighted by Gasteiger charge is -2.13. The minimum atomic E-state index is -0.351. The fourth-order valence-corrected chi connectivity index (χ4v) is 3.58. The second-order valence-corrected chi connectivity index (χ2v) is 7.75. The normalized spacial score (nSPS) is 11.7. The number of nitrogens with zero attached hydrogens (tertiary/aromatic N) is 3. The van der Waals surface area contributed by atoms with E-state index in [4.69, 9.17) is 9.47 Å². The minimum Gasteiger partial charge on any atom is -0.493 e. The summed E-state index contributed by atoms with van der Waals surface area (Å²) < 4.78 is 12.4. The monoisotopic (exact) mass is 412 g/mol. The molecule has 8 heteroatoms. The Kier molecular flexibility index (Phi) is 6.77. The van der Waals surface area contributed by atoms with Gasteiger partial charge in [-0.05, 0) is 24.6 Å². The highest BCUT2D eigenvalue weighted by Gasteiger charge is 2.19. The third kappa shape index (κ3) is 5.08. The van der Waals surface area contributed by atoms with Crippen LogP contribution in [0, 0.1) is 0 Å². The molecule has 0 spiro atoms. The zero-order valence-corrected chi connectivity index (χ0v) is 17.7. The van der Waals surface area contributed by atoms with Crippen LogP contribution in [0.2, 0.25) is 0 Å². The van der Waals surface area contributed by atoms with E-state index >= 15 is 0 Å². The highest BCUT2D eigenvalue weighted by molar-refractivity contribution is 8.00. The lowest BCUT2D eigenvalue weighted by molar-refractivity contribution is -0.115. The maximum atomic E-state index is 12.6. The first kappa shape index (κ1) is 20.7. The van der Waals surface area contributed by atoms with Crippen molar-refractivity contribution in [2.45, 2.75) is 23.8 Å². The number of carbonyl (C=O) groups is 1. The van der Waals surface area contributed by atoms with Gasteiger partial charge in [0.25, 0.3) is 0 Å². The number of methoxy groups -OCH3 is 2. The predicted molar refractivity (Wildman–Crippen MR) is 114 cm³/mol. The van der Waals surface area contributed by atoms with Crippen LogP contribution in [0.1, 0.15) is 18.3 Å². The summed E-state index contributed by atoms with van der Waals surface area (Å²) >= 11 is 1.37. The third-order valence-electron chi connectivity index (χ3n) is 4.43. The number of anilines is 1. The number of carbonyl (C=O) groups excluding carboxylic acids is 1. The lowest BCUT2D eigenvalue weighted by atomic mass is 10.1. The van der Waals surface area contributed by atoms with E-state index in [1.807, 2.05) is 36.7 Å². The average Bonchev–Trinajstić information content (AvgIpc) is 3.07. The Morgan fingerprint density at radius 2 is 1.83 bits per heavy atom. The maximum absolute atomic E-state index is 12.6. The van der Waals surface area contributed by atoms with Crippen LogP contribution >= 0.6 is 11.8 Å². The Labute approximate surface area is 174 Å². The number of hydrogen-bond donors (Lipinski definition) is 1. The molecule has 1 amide bonds. The molecule has 1 aromatic heterocycles. The summed E-state index contributed by atoms with van der Waals surface area (Å²) in [5.74, 6) is 1.89. The van der Waals surface area contributed by atoms with E-state index in [1.54, 1.807) is 32.4 Å². The Hall–Kier alpha value is -3.00. The van der Waals surface area contributed by atoms with Crippen molar-refractivity contribution in [3.8, 4) is 11.5 Å². The summed E-state index contributed by atoms with van der Waals surface area (Å²) in [7, 11) is 5.05. The van der Waals surface area contributed by atoms with Gasteiger partial charge in [0.05, 0.1) is 19.5 Å². The topological polar surface area (TPSA) is 78.3 Å². The van der Waals surface area contributed by atoms with Crippen LogP contribution in [0.4, 0.5) is 5.69 Å². The molecular weight excluding hydrogens is 388 g/mol. The van der Waals surface area contributed by atoms with Crippen LogP contribution in [0.3, 0.4) is 0 Å². The van der Waals surface area contributed by atoms with Gasteiger partial charge in [0.1, 0.15) is 5.82 Å². The molecule has 1 heterocycles. The van der Waals surface area contributed by atoms with Crippen molar-refractivity contribution in [1.82, 2.24) is 14.8 Å². The molecule has 0 aliphatic rings. The van der Waals surface area contributed by atoms with Crippen molar-refractivity contribution < 1.29 is 14.3 Å². The fourth-order valence-electron chi connectivity index (χ4n) is 2.75. The van der Waals surface area contributed by atoms with Crippen LogP contribution in [0.15, 0.2) is 53.7 Å². The molecule has 7 nitrogen and oxygen atoms in total. The molecule has 0 saturated heterocycles. The fraction of sp³-hybridized carbons (Fsp3) is 0.286. The number of aromatic nitrogens is 3. The van der Waals surface area contributed by atoms with Crippen molar-refractivity contribution in [2.75, 3.05) is 19.5 Å². The number of benzene rings is 2. The number of hydrogen-bond acceptors (Lipinski definition) is 6. The maximum Gasteiger partial charge on any atom is 0.237 e. The minimum absolute atomic E-state index is 0.130. The lowest BCUT2D eigenvalue weighted by Crippen LogP contribution is -2.22. The third-order valence-corrected chi connectivity index (χ3v) is 5.57. The van der Waals surface area contributed by atoms with Crippen LogP contribution < -0.4 is 14.8 Å². The molecule has 2 aromatic carbocycles. The van der Waals surface area contributed by atoms with Crippen LogP contribution in [-0.4, -0.2) is 40.1 Å². The van der Waals surface area contributed by atoms with Gasteiger partial charge in [-0.2, -0.15) is 0 Å². The SMILES string of the molecule is COc1ccc(NC(=O)[C@@H](C)Sc2nnc(Cc3ccccc3)n2C)cc1OC. The molecule has 152 valence electrons. The van der Waals surface area contributed by atoms with E-state index in [2.05, 4.69) is 27.6 Å². The second-order valence-electron chi connectivity index (χ2n) is 6.44. The van der Waals surface area contributed by atoms with Crippen molar-refractivity contribution in [3.63, 3.8) is 0 Å². The molecule has 1 atom stereocenters. The highest BCUT2D eigenvalue weighted by atomic mass is 32.2. The van der Waals surface area contributed by atoms with Crippen LogP contribution in [-0.2, 0) is 18.3 Å². The summed E-state index contributed by atoms with van der Waals surface area (Å²) in [6.07, 6.45) is 0.692. The number of rotatable bonds is 8. The molecule has 29 heavy (non-hydrogen) atoms. The van der Waals surface area contributed by atoms with Crippen LogP contribution in [0.25, 0.3) is 0 Å². The van der Waals surface area contributed by atoms with E-state index < -0.39 is 0 Å². The summed E-state index contributed by atoms with van der Waals surface area (Å²) in [6, 6.07) is 15.4. The van der Waals surface area contributed by atoms with Gasteiger partial charge in [0, 0.05) is 25.2 Å². The first-order chi connectivity index (χ1) is 14.0. The van der Waals surface area contributed by atoms with Crippen LogP contribution in [0.5, 0.6) is 11.5 Å². The Bertz CT molecular complexity index is 975. The van der Waals surface area contributed by atoms with Gasteiger partial charge in [-0.3, -0.25) is 4.79 Å². The molecule has 0 radical (unpaired) electrons. The quantitative estimate of drug-likeness (QED) is 0.570. The predicted octanol–water partition coefficient (Wildman–Crippen LogP) is 3.54. The molecule has 0 aliphatic heterocycles. The Balaban J connectivity index is 1.64. The number of amides is 1. The van der Waals surface area contributed by atoms with E-state index in [0.29, 0.717) is 28.8 Å². The molecule has 3 aromatic rings. The van der Waals surface area contributed by atoms with Gasteiger partial charge in [-0.25, -0.2) is 0 Å². The molecule has 0 aliphatic carbocycles. The van der Waals surface area contributed by atoms with E-state index in [1.165, 1.54) is 17.3 Å².